The molecular weight excluding hydrogens is 194 g/mol. The van der Waals surface area contributed by atoms with Gasteiger partial charge in [0.25, 0.3) is 0 Å². The molecule has 1 rings (SSSR count). The first kappa shape index (κ1) is 13.3. The van der Waals surface area contributed by atoms with E-state index in [4.69, 9.17) is 5.73 Å². The van der Waals surface area contributed by atoms with Crippen LogP contribution >= 0.6 is 12.4 Å². The summed E-state index contributed by atoms with van der Waals surface area (Å²) >= 11 is 0. The normalized spacial score (nSPS) is 10.8. The van der Waals surface area contributed by atoms with Gasteiger partial charge in [0.15, 0.2) is 0 Å². The quantitative estimate of drug-likeness (QED) is 0.746. The van der Waals surface area contributed by atoms with Crippen LogP contribution < -0.4 is 5.73 Å². The van der Waals surface area contributed by atoms with Gasteiger partial charge in [0.05, 0.1) is 0 Å². The molecule has 0 aliphatic carbocycles. The van der Waals surface area contributed by atoms with Gasteiger partial charge in [0.1, 0.15) is 0 Å². The first-order valence-electron chi connectivity index (χ1n) is 4.82. The fraction of sp³-hybridized carbons (Fsp3) is 0.500. The lowest BCUT2D eigenvalue weighted by molar-refractivity contribution is 0.378. The van der Waals surface area contributed by atoms with E-state index in [-0.39, 0.29) is 12.4 Å². The molecule has 14 heavy (non-hydrogen) atoms. The molecule has 0 aliphatic heterocycles. The van der Waals surface area contributed by atoms with Crippen LogP contribution in [0, 0.1) is 5.41 Å². The molecule has 0 atom stereocenters. The predicted octanol–water partition coefficient (Wildman–Crippen LogP) is 3.67. The Morgan fingerprint density at radius 3 is 2.21 bits per heavy atom. The number of nitrogens with two attached hydrogens (primary N) is 1. The highest BCUT2D eigenvalue weighted by Crippen LogP contribution is 2.23. The molecule has 2 heteroatoms. The molecule has 0 fully saturated rings. The molecule has 0 aliphatic rings. The largest absolute Gasteiger partial charge is 0.399 e. The molecule has 0 bridgehead atoms. The first-order valence-corrected chi connectivity index (χ1v) is 4.82. The average molecular weight is 214 g/mol. The van der Waals surface area contributed by atoms with Gasteiger partial charge in [-0.25, -0.2) is 0 Å². The summed E-state index contributed by atoms with van der Waals surface area (Å²) in [6, 6.07) is 8.11. The van der Waals surface area contributed by atoms with Crippen LogP contribution in [0.5, 0.6) is 0 Å². The molecule has 1 aromatic rings. The lowest BCUT2D eigenvalue weighted by Crippen LogP contribution is -2.07. The summed E-state index contributed by atoms with van der Waals surface area (Å²) in [4.78, 5) is 0. The zero-order valence-corrected chi connectivity index (χ0v) is 10.0. The fourth-order valence-corrected chi connectivity index (χ4v) is 1.27. The number of hydrogen-bond acceptors (Lipinski definition) is 1. The molecule has 0 saturated heterocycles. The summed E-state index contributed by atoms with van der Waals surface area (Å²) in [6.07, 6.45) is 2.26. The van der Waals surface area contributed by atoms with Crippen molar-refractivity contribution in [3.63, 3.8) is 0 Å². The minimum Gasteiger partial charge on any atom is -0.399 e. The average Bonchev–Trinajstić information content (AvgIpc) is 2.01. The fourth-order valence-electron chi connectivity index (χ4n) is 1.27. The molecule has 1 nitrogen and oxygen atoms in total. The minimum atomic E-state index is 0. The Morgan fingerprint density at radius 1 is 1.14 bits per heavy atom. The van der Waals surface area contributed by atoms with Crippen LogP contribution in [0.25, 0.3) is 0 Å². The number of halogens is 1. The number of benzene rings is 1. The molecular formula is C12H20ClN. The number of para-hydroxylation sites is 1. The van der Waals surface area contributed by atoms with Gasteiger partial charge in [-0.15, -0.1) is 12.4 Å². The van der Waals surface area contributed by atoms with Crippen LogP contribution in [0.2, 0.25) is 0 Å². The van der Waals surface area contributed by atoms with Crippen LogP contribution in [0.15, 0.2) is 24.3 Å². The van der Waals surface area contributed by atoms with Crippen molar-refractivity contribution in [2.45, 2.75) is 33.6 Å². The van der Waals surface area contributed by atoms with E-state index < -0.39 is 0 Å². The molecule has 1 aromatic carbocycles. The first-order chi connectivity index (χ1) is 5.99. The van der Waals surface area contributed by atoms with Gasteiger partial charge in [-0.05, 0) is 29.9 Å². The van der Waals surface area contributed by atoms with Crippen molar-refractivity contribution in [3.8, 4) is 0 Å². The highest BCUT2D eigenvalue weighted by atomic mass is 35.5. The Balaban J connectivity index is 0.00000169. The van der Waals surface area contributed by atoms with E-state index in [1.165, 1.54) is 12.0 Å². The monoisotopic (exact) mass is 213 g/mol. The Labute approximate surface area is 93.1 Å². The van der Waals surface area contributed by atoms with E-state index in [9.17, 15) is 0 Å². The maximum absolute atomic E-state index is 5.85. The summed E-state index contributed by atoms with van der Waals surface area (Å²) in [7, 11) is 0. The summed E-state index contributed by atoms with van der Waals surface area (Å²) in [5, 5.41) is 0. The topological polar surface area (TPSA) is 26.0 Å². The lowest BCUT2D eigenvalue weighted by Gasteiger charge is -2.18. The van der Waals surface area contributed by atoms with Crippen LogP contribution in [-0.4, -0.2) is 0 Å². The van der Waals surface area contributed by atoms with E-state index in [0.29, 0.717) is 5.41 Å². The maximum Gasteiger partial charge on any atom is 0.0346 e. The Kier molecular flexibility index (Phi) is 5.00. The zero-order valence-electron chi connectivity index (χ0n) is 9.21. The molecule has 0 unspecified atom stereocenters. The van der Waals surface area contributed by atoms with Gasteiger partial charge in [-0.1, -0.05) is 39.0 Å². The SMILES string of the molecule is CC(C)(C)CCc1ccccc1N.Cl. The maximum atomic E-state index is 5.85. The Bertz CT molecular complexity index is 276. The molecule has 2 N–H and O–H groups in total. The van der Waals surface area contributed by atoms with E-state index in [1.54, 1.807) is 0 Å². The van der Waals surface area contributed by atoms with Crippen LogP contribution in [0.3, 0.4) is 0 Å². The van der Waals surface area contributed by atoms with Crippen molar-refractivity contribution >= 4 is 18.1 Å². The third kappa shape index (κ3) is 4.52. The van der Waals surface area contributed by atoms with Crippen LogP contribution in [-0.2, 0) is 6.42 Å². The number of nitrogen functional groups attached to an aromatic ring is 1. The van der Waals surface area contributed by atoms with Crippen molar-refractivity contribution in [2.75, 3.05) is 5.73 Å². The van der Waals surface area contributed by atoms with Gasteiger partial charge in [-0.2, -0.15) is 0 Å². The smallest absolute Gasteiger partial charge is 0.0346 e. The second-order valence-corrected chi connectivity index (χ2v) is 4.76. The number of aryl methyl sites for hydroxylation is 1. The van der Waals surface area contributed by atoms with Crippen molar-refractivity contribution in [2.24, 2.45) is 5.41 Å². The van der Waals surface area contributed by atoms with Crippen molar-refractivity contribution in [1.29, 1.82) is 0 Å². The third-order valence-electron chi connectivity index (χ3n) is 2.20. The van der Waals surface area contributed by atoms with Gasteiger partial charge >= 0.3 is 0 Å². The highest BCUT2D eigenvalue weighted by molar-refractivity contribution is 5.85. The zero-order chi connectivity index (χ0) is 9.90. The van der Waals surface area contributed by atoms with Crippen molar-refractivity contribution in [1.82, 2.24) is 0 Å². The van der Waals surface area contributed by atoms with Crippen molar-refractivity contribution in [3.05, 3.63) is 29.8 Å². The van der Waals surface area contributed by atoms with E-state index in [1.807, 2.05) is 18.2 Å². The lowest BCUT2D eigenvalue weighted by atomic mass is 9.88. The molecule has 80 valence electrons. The van der Waals surface area contributed by atoms with E-state index in [0.717, 1.165) is 12.1 Å². The summed E-state index contributed by atoms with van der Waals surface area (Å²) < 4.78 is 0. The van der Waals surface area contributed by atoms with E-state index in [2.05, 4.69) is 26.8 Å². The van der Waals surface area contributed by atoms with Crippen LogP contribution in [0.4, 0.5) is 5.69 Å². The highest BCUT2D eigenvalue weighted by Gasteiger charge is 2.10. The number of hydrogen-bond donors (Lipinski definition) is 1. The number of rotatable bonds is 2. The minimum absolute atomic E-state index is 0. The summed E-state index contributed by atoms with van der Waals surface area (Å²) in [5.74, 6) is 0. The summed E-state index contributed by atoms with van der Waals surface area (Å²) in [6.45, 7) is 6.77. The Morgan fingerprint density at radius 2 is 1.71 bits per heavy atom. The van der Waals surface area contributed by atoms with Gasteiger partial charge in [-0.3, -0.25) is 0 Å². The molecule has 0 saturated carbocycles. The molecule has 0 aromatic heterocycles. The Hall–Kier alpha value is -0.690. The predicted molar refractivity (Wildman–Crippen MR) is 65.9 cm³/mol. The van der Waals surface area contributed by atoms with Crippen molar-refractivity contribution < 1.29 is 0 Å². The summed E-state index contributed by atoms with van der Waals surface area (Å²) in [5.41, 5.74) is 8.44. The van der Waals surface area contributed by atoms with E-state index >= 15 is 0 Å². The van der Waals surface area contributed by atoms with Gasteiger partial charge in [0.2, 0.25) is 0 Å². The standard InChI is InChI=1S/C12H19N.ClH/c1-12(2,3)9-8-10-6-4-5-7-11(10)13;/h4-7H,8-9,13H2,1-3H3;1H. The second-order valence-electron chi connectivity index (χ2n) is 4.76. The molecule has 0 spiro atoms. The second kappa shape index (κ2) is 5.26. The molecule has 0 radical (unpaired) electrons. The third-order valence-corrected chi connectivity index (χ3v) is 2.20. The van der Waals surface area contributed by atoms with Crippen LogP contribution in [0.1, 0.15) is 32.8 Å². The molecule has 0 heterocycles. The number of anilines is 1. The molecule has 0 amide bonds. The van der Waals surface area contributed by atoms with Gasteiger partial charge < -0.3 is 5.73 Å². The van der Waals surface area contributed by atoms with Gasteiger partial charge in [0, 0.05) is 5.69 Å².